The van der Waals surface area contributed by atoms with Crippen LogP contribution in [0, 0.1) is 0 Å². The number of carbonyl (C=O) groups is 1. The molecule has 1 aliphatic heterocycles. The molecule has 0 aromatic heterocycles. The zero-order valence-electron chi connectivity index (χ0n) is 14.8. The lowest BCUT2D eigenvalue weighted by Crippen LogP contribution is -2.43. The average molecular weight is 405 g/mol. The lowest BCUT2D eigenvalue weighted by molar-refractivity contribution is -0.119. The van der Waals surface area contributed by atoms with Crippen molar-refractivity contribution in [1.29, 1.82) is 0 Å². The Hall–Kier alpha value is -1.89. The van der Waals surface area contributed by atoms with Crippen LogP contribution in [-0.4, -0.2) is 31.2 Å². The Labute approximate surface area is 164 Å². The Morgan fingerprint density at radius 1 is 1.04 bits per heavy atom. The summed E-state index contributed by atoms with van der Waals surface area (Å²) in [5, 5.41) is 3.38. The van der Waals surface area contributed by atoms with E-state index in [9.17, 15) is 13.2 Å². The van der Waals surface area contributed by atoms with Gasteiger partial charge >= 0.3 is 0 Å². The predicted molar refractivity (Wildman–Crippen MR) is 105 cm³/mol. The van der Waals surface area contributed by atoms with Crippen LogP contribution in [0.25, 0.3) is 0 Å². The maximum absolute atomic E-state index is 13.0. The SMILES string of the molecule is O=C(Nc1ccc2c(c1)CCC2)C1CCCN1S(=O)(=O)c1ccc(Cl)cc1. The van der Waals surface area contributed by atoms with E-state index in [4.69, 9.17) is 11.6 Å². The number of carbonyl (C=O) groups excluding carboxylic acids is 1. The predicted octanol–water partition coefficient (Wildman–Crippen LogP) is 3.62. The second kappa shape index (κ2) is 7.26. The fourth-order valence-electron chi connectivity index (χ4n) is 3.91. The molecule has 7 heteroatoms. The van der Waals surface area contributed by atoms with E-state index in [0.29, 0.717) is 24.4 Å². The first-order valence-electron chi connectivity index (χ1n) is 9.15. The Morgan fingerprint density at radius 2 is 1.78 bits per heavy atom. The van der Waals surface area contributed by atoms with Gasteiger partial charge in [-0.25, -0.2) is 8.42 Å². The third-order valence-electron chi connectivity index (χ3n) is 5.29. The Balaban J connectivity index is 1.54. The molecule has 2 aliphatic rings. The number of nitrogens with zero attached hydrogens (tertiary/aromatic N) is 1. The van der Waals surface area contributed by atoms with Gasteiger partial charge < -0.3 is 5.32 Å². The molecule has 1 aliphatic carbocycles. The zero-order chi connectivity index (χ0) is 19.0. The van der Waals surface area contributed by atoms with E-state index < -0.39 is 16.1 Å². The van der Waals surface area contributed by atoms with E-state index in [0.717, 1.165) is 24.9 Å². The van der Waals surface area contributed by atoms with Crippen LogP contribution in [0.1, 0.15) is 30.4 Å². The summed E-state index contributed by atoms with van der Waals surface area (Å²) in [7, 11) is -3.74. The molecule has 1 heterocycles. The van der Waals surface area contributed by atoms with Gasteiger partial charge in [-0.05, 0) is 79.6 Å². The number of fused-ring (bicyclic) bond motifs is 1. The van der Waals surface area contributed by atoms with Gasteiger partial charge in [0.1, 0.15) is 6.04 Å². The number of aryl methyl sites for hydroxylation is 2. The number of nitrogens with one attached hydrogen (secondary N) is 1. The van der Waals surface area contributed by atoms with Crippen molar-refractivity contribution in [3.8, 4) is 0 Å². The van der Waals surface area contributed by atoms with E-state index >= 15 is 0 Å². The van der Waals surface area contributed by atoms with Crippen LogP contribution in [0.2, 0.25) is 5.02 Å². The summed E-state index contributed by atoms with van der Waals surface area (Å²) in [5.74, 6) is -0.275. The molecule has 2 aromatic rings. The topological polar surface area (TPSA) is 66.5 Å². The smallest absolute Gasteiger partial charge is 0.243 e. The highest BCUT2D eigenvalue weighted by Crippen LogP contribution is 2.29. The second-order valence-corrected chi connectivity index (χ2v) is 9.38. The Morgan fingerprint density at radius 3 is 2.56 bits per heavy atom. The number of hydrogen-bond acceptors (Lipinski definition) is 3. The number of halogens is 1. The third kappa shape index (κ3) is 3.61. The van der Waals surface area contributed by atoms with Crippen LogP contribution in [-0.2, 0) is 27.7 Å². The highest BCUT2D eigenvalue weighted by atomic mass is 35.5. The van der Waals surface area contributed by atoms with Crippen LogP contribution in [0.5, 0.6) is 0 Å². The van der Waals surface area contributed by atoms with Crippen molar-refractivity contribution in [2.75, 3.05) is 11.9 Å². The largest absolute Gasteiger partial charge is 0.325 e. The van der Waals surface area contributed by atoms with Gasteiger partial charge in [-0.15, -0.1) is 0 Å². The highest BCUT2D eigenvalue weighted by molar-refractivity contribution is 7.89. The summed E-state index contributed by atoms with van der Waals surface area (Å²) in [5.41, 5.74) is 3.34. The summed E-state index contributed by atoms with van der Waals surface area (Å²) >= 11 is 5.86. The van der Waals surface area contributed by atoms with Gasteiger partial charge in [0.15, 0.2) is 0 Å². The summed E-state index contributed by atoms with van der Waals surface area (Å²) < 4.78 is 27.2. The van der Waals surface area contributed by atoms with Gasteiger partial charge in [0.2, 0.25) is 15.9 Å². The van der Waals surface area contributed by atoms with Crippen molar-refractivity contribution in [1.82, 2.24) is 4.31 Å². The fraction of sp³-hybridized carbons (Fsp3) is 0.350. The lowest BCUT2D eigenvalue weighted by Gasteiger charge is -2.23. The first-order valence-corrected chi connectivity index (χ1v) is 11.0. The minimum Gasteiger partial charge on any atom is -0.325 e. The molecule has 142 valence electrons. The number of amides is 1. The quantitative estimate of drug-likeness (QED) is 0.846. The van der Waals surface area contributed by atoms with E-state index in [1.54, 1.807) is 12.1 Å². The summed E-state index contributed by atoms with van der Waals surface area (Å²) in [4.78, 5) is 13.0. The fourth-order valence-corrected chi connectivity index (χ4v) is 5.69. The number of anilines is 1. The Bertz CT molecular complexity index is 973. The molecule has 1 saturated heterocycles. The van der Waals surface area contributed by atoms with Gasteiger partial charge in [0.05, 0.1) is 4.90 Å². The van der Waals surface area contributed by atoms with Crippen LogP contribution in [0.15, 0.2) is 47.4 Å². The van der Waals surface area contributed by atoms with Crippen molar-refractivity contribution < 1.29 is 13.2 Å². The molecule has 4 rings (SSSR count). The first kappa shape index (κ1) is 18.5. The maximum Gasteiger partial charge on any atom is 0.243 e. The molecule has 1 fully saturated rings. The highest BCUT2D eigenvalue weighted by Gasteiger charge is 2.39. The minimum atomic E-state index is -3.74. The molecule has 0 bridgehead atoms. The monoisotopic (exact) mass is 404 g/mol. The second-order valence-electron chi connectivity index (χ2n) is 7.05. The van der Waals surface area contributed by atoms with Crippen LogP contribution in [0.4, 0.5) is 5.69 Å². The third-order valence-corrected chi connectivity index (χ3v) is 7.47. The molecule has 1 amide bonds. The van der Waals surface area contributed by atoms with Crippen LogP contribution in [0.3, 0.4) is 0 Å². The molecule has 5 nitrogen and oxygen atoms in total. The number of hydrogen-bond donors (Lipinski definition) is 1. The summed E-state index contributed by atoms with van der Waals surface area (Å²) in [6.45, 7) is 0.341. The van der Waals surface area contributed by atoms with Crippen LogP contribution >= 0.6 is 11.6 Å². The van der Waals surface area contributed by atoms with Gasteiger partial charge in [0.25, 0.3) is 0 Å². The average Bonchev–Trinajstić information content (AvgIpc) is 3.31. The molecule has 1 unspecified atom stereocenters. The maximum atomic E-state index is 13.0. The van der Waals surface area contributed by atoms with E-state index in [2.05, 4.69) is 11.4 Å². The lowest BCUT2D eigenvalue weighted by atomic mass is 10.1. The molecule has 0 radical (unpaired) electrons. The number of sulfonamides is 1. The van der Waals surface area contributed by atoms with Crippen molar-refractivity contribution in [3.63, 3.8) is 0 Å². The normalized spacial score (nSPS) is 19.8. The van der Waals surface area contributed by atoms with Crippen LogP contribution < -0.4 is 5.32 Å². The van der Waals surface area contributed by atoms with E-state index in [1.807, 2.05) is 12.1 Å². The van der Waals surface area contributed by atoms with Crippen molar-refractivity contribution in [2.45, 2.75) is 43.0 Å². The van der Waals surface area contributed by atoms with Gasteiger partial charge in [-0.1, -0.05) is 17.7 Å². The molecule has 1 atom stereocenters. The summed E-state index contributed by atoms with van der Waals surface area (Å²) in [6.07, 6.45) is 4.43. The molecule has 0 saturated carbocycles. The number of rotatable bonds is 4. The molecule has 27 heavy (non-hydrogen) atoms. The van der Waals surface area contributed by atoms with E-state index in [1.165, 1.54) is 27.6 Å². The molecular formula is C20H21ClN2O3S. The zero-order valence-corrected chi connectivity index (χ0v) is 16.4. The van der Waals surface area contributed by atoms with Gasteiger partial charge in [-0.2, -0.15) is 4.31 Å². The minimum absolute atomic E-state index is 0.157. The van der Waals surface area contributed by atoms with Crippen molar-refractivity contribution in [2.24, 2.45) is 0 Å². The molecule has 1 N–H and O–H groups in total. The molecule has 2 aromatic carbocycles. The first-order chi connectivity index (χ1) is 12.9. The van der Waals surface area contributed by atoms with Gasteiger partial charge in [-0.3, -0.25) is 4.79 Å². The van der Waals surface area contributed by atoms with E-state index in [-0.39, 0.29) is 10.8 Å². The molecular weight excluding hydrogens is 384 g/mol. The number of benzene rings is 2. The molecule has 0 spiro atoms. The van der Waals surface area contributed by atoms with Crippen molar-refractivity contribution >= 4 is 33.2 Å². The van der Waals surface area contributed by atoms with Crippen molar-refractivity contribution in [3.05, 3.63) is 58.6 Å². The standard InChI is InChI=1S/C20H21ClN2O3S/c21-16-7-10-18(11-8-16)27(25,26)23-12-2-5-19(23)20(24)22-17-9-6-14-3-1-4-15(14)13-17/h6-11,13,19H,1-5,12H2,(H,22,24). The Kier molecular flexibility index (Phi) is 4.97. The van der Waals surface area contributed by atoms with Gasteiger partial charge in [0, 0.05) is 17.3 Å². The summed E-state index contributed by atoms with van der Waals surface area (Å²) in [6, 6.07) is 11.3.